The molecule has 0 saturated heterocycles. The number of nitrogens with one attached hydrogen (secondary N) is 2. The molecular weight excluding hydrogens is 638 g/mol. The Morgan fingerprint density at radius 3 is 2.29 bits per heavy atom. The molecule has 0 fully saturated rings. The summed E-state index contributed by atoms with van der Waals surface area (Å²) < 4.78 is 9.59. The second kappa shape index (κ2) is 16.3. The summed E-state index contributed by atoms with van der Waals surface area (Å²) in [6.07, 6.45) is 7.15. The van der Waals surface area contributed by atoms with Gasteiger partial charge in [-0.3, -0.25) is 14.0 Å². The molecule has 0 spiro atoms. The zero-order chi connectivity index (χ0) is 35.7. The number of aromatic nitrogens is 5. The molecule has 3 heterocycles. The molecule has 6 rings (SSSR count). The molecule has 0 saturated carbocycles. The van der Waals surface area contributed by atoms with Crippen molar-refractivity contribution < 1.29 is 9.53 Å². The molecule has 0 aliphatic heterocycles. The van der Waals surface area contributed by atoms with Gasteiger partial charge in [0.05, 0.1) is 6.61 Å². The van der Waals surface area contributed by atoms with Crippen molar-refractivity contribution in [1.29, 1.82) is 0 Å². The highest BCUT2D eigenvalue weighted by atomic mass is 16.5. The summed E-state index contributed by atoms with van der Waals surface area (Å²) in [5.74, 6) is 1.02. The van der Waals surface area contributed by atoms with E-state index < -0.39 is 6.03 Å². The minimum atomic E-state index is -0.483. The molecule has 0 radical (unpaired) electrons. The van der Waals surface area contributed by atoms with Crippen molar-refractivity contribution in [3.63, 3.8) is 0 Å². The van der Waals surface area contributed by atoms with Crippen LogP contribution in [0.3, 0.4) is 0 Å². The molecule has 2 amide bonds. The van der Waals surface area contributed by atoms with Gasteiger partial charge in [0.25, 0.3) is 5.56 Å². The van der Waals surface area contributed by atoms with Gasteiger partial charge in [-0.2, -0.15) is 5.10 Å². The summed E-state index contributed by atoms with van der Waals surface area (Å²) in [5.41, 5.74) is 5.78. The van der Waals surface area contributed by atoms with E-state index in [2.05, 4.69) is 60.5 Å². The second-order valence-electron chi connectivity index (χ2n) is 13.3. The molecule has 10 nitrogen and oxygen atoms in total. The lowest BCUT2D eigenvalue weighted by atomic mass is 9.93. The number of carbonyl (C=O) groups is 1. The van der Waals surface area contributed by atoms with Gasteiger partial charge < -0.3 is 15.4 Å². The molecule has 0 unspecified atom stereocenters. The van der Waals surface area contributed by atoms with E-state index in [4.69, 9.17) is 9.72 Å². The molecule has 6 aromatic rings. The van der Waals surface area contributed by atoms with Crippen LogP contribution in [0, 0.1) is 0 Å². The lowest BCUT2D eigenvalue weighted by Crippen LogP contribution is -2.30. The number of aryl methyl sites for hydroxylation is 3. The van der Waals surface area contributed by atoms with Crippen LogP contribution in [0.25, 0.3) is 22.2 Å². The molecule has 3 aromatic carbocycles. The monoisotopic (exact) mass is 683 g/mol. The minimum absolute atomic E-state index is 0.182. The van der Waals surface area contributed by atoms with E-state index in [0.717, 1.165) is 47.0 Å². The van der Waals surface area contributed by atoms with E-state index in [9.17, 15) is 9.59 Å². The van der Waals surface area contributed by atoms with E-state index >= 15 is 0 Å². The average Bonchev–Trinajstić information content (AvgIpc) is 3.66. The van der Waals surface area contributed by atoms with Crippen molar-refractivity contribution in [1.82, 2.24) is 24.3 Å². The first-order valence-electron chi connectivity index (χ1n) is 17.6. The Labute approximate surface area is 298 Å². The highest BCUT2D eigenvalue weighted by Gasteiger charge is 2.23. The Morgan fingerprint density at radius 1 is 0.824 bits per heavy atom. The van der Waals surface area contributed by atoms with Crippen molar-refractivity contribution >= 4 is 28.4 Å². The van der Waals surface area contributed by atoms with Crippen LogP contribution in [0.15, 0.2) is 109 Å². The molecule has 0 aliphatic carbocycles. The van der Waals surface area contributed by atoms with Gasteiger partial charge >= 0.3 is 6.03 Å². The Morgan fingerprint density at radius 2 is 1.57 bits per heavy atom. The highest BCUT2D eigenvalue weighted by Crippen LogP contribution is 2.36. The Bertz CT molecular complexity index is 2110. The SMILES string of the molecule is CC(C)c1cccc(C(C)C)c1NC(=O)Nc1c(-c2cccc(OCCCn3cncn3)c2)c2cccnc2n(CCCc2ccccc2)c1=O. The molecule has 0 atom stereocenters. The standard InChI is InChI=1S/C41H45N7O3/c1-28(2)33-18-9-19-34(29(3)4)37(33)45-41(50)46-38-36(31-16-8-17-32(25-31)51-24-12-22-47-27-42-26-44-47)35-20-10-21-43-39(35)48(40(38)49)23-11-15-30-13-6-5-7-14-30/h5-10,13-14,16-21,25-29H,11-12,15,22-24H2,1-4H3,(H2,45,46,50). The molecule has 0 aliphatic rings. The van der Waals surface area contributed by atoms with Gasteiger partial charge in [0, 0.05) is 42.3 Å². The summed E-state index contributed by atoms with van der Waals surface area (Å²) in [4.78, 5) is 37.3. The van der Waals surface area contributed by atoms with Crippen molar-refractivity contribution in [2.24, 2.45) is 0 Å². The number of hydrogen-bond acceptors (Lipinski definition) is 6. The molecule has 3 aromatic heterocycles. The van der Waals surface area contributed by atoms with Crippen molar-refractivity contribution in [2.75, 3.05) is 17.2 Å². The van der Waals surface area contributed by atoms with Gasteiger partial charge in [-0.1, -0.05) is 88.4 Å². The minimum Gasteiger partial charge on any atom is -0.494 e. The lowest BCUT2D eigenvalue weighted by Gasteiger charge is -2.22. The van der Waals surface area contributed by atoms with E-state index in [1.165, 1.54) is 11.9 Å². The van der Waals surface area contributed by atoms with Gasteiger partial charge in [0.15, 0.2) is 0 Å². The first-order chi connectivity index (χ1) is 24.8. The fourth-order valence-electron chi connectivity index (χ4n) is 6.45. The second-order valence-corrected chi connectivity index (χ2v) is 13.3. The predicted molar refractivity (Wildman–Crippen MR) is 204 cm³/mol. The summed E-state index contributed by atoms with van der Waals surface area (Å²) in [7, 11) is 0. The van der Waals surface area contributed by atoms with Crippen molar-refractivity contribution in [3.8, 4) is 16.9 Å². The van der Waals surface area contributed by atoms with Crippen LogP contribution in [-0.2, 0) is 19.5 Å². The summed E-state index contributed by atoms with van der Waals surface area (Å²) in [6, 6.07) is 27.3. The largest absolute Gasteiger partial charge is 0.494 e. The fraction of sp³-hybridized carbons (Fsp3) is 0.293. The molecule has 2 N–H and O–H groups in total. The van der Waals surface area contributed by atoms with Gasteiger partial charge in [-0.15, -0.1) is 0 Å². The van der Waals surface area contributed by atoms with Crippen molar-refractivity contribution in [3.05, 3.63) is 131 Å². The van der Waals surface area contributed by atoms with Gasteiger partial charge in [0.2, 0.25) is 0 Å². The van der Waals surface area contributed by atoms with Crippen LogP contribution in [-0.4, -0.2) is 37.0 Å². The fourth-order valence-corrected chi connectivity index (χ4v) is 6.45. The normalized spacial score (nSPS) is 11.3. The number of rotatable bonds is 14. The maximum absolute atomic E-state index is 14.6. The topological polar surface area (TPSA) is 116 Å². The van der Waals surface area contributed by atoms with Gasteiger partial charge in [0.1, 0.15) is 29.7 Å². The zero-order valence-corrected chi connectivity index (χ0v) is 29.7. The third-order valence-electron chi connectivity index (χ3n) is 8.95. The number of carbonyl (C=O) groups excluding carboxylic acids is 1. The van der Waals surface area contributed by atoms with Crippen LogP contribution in [0.1, 0.15) is 69.1 Å². The Hall–Kier alpha value is -5.77. The van der Waals surface area contributed by atoms with Crippen LogP contribution in [0.4, 0.5) is 16.2 Å². The molecule has 262 valence electrons. The van der Waals surface area contributed by atoms with E-state index in [1.54, 1.807) is 21.8 Å². The number of ether oxygens (including phenoxy) is 1. The number of hydrogen-bond donors (Lipinski definition) is 2. The average molecular weight is 684 g/mol. The molecule has 0 bridgehead atoms. The van der Waals surface area contributed by atoms with E-state index in [0.29, 0.717) is 36.7 Å². The maximum Gasteiger partial charge on any atom is 0.323 e. The third kappa shape index (κ3) is 8.34. The summed E-state index contributed by atoms with van der Waals surface area (Å²) in [5, 5.41) is 11.1. The van der Waals surface area contributed by atoms with E-state index in [-0.39, 0.29) is 23.1 Å². The third-order valence-corrected chi connectivity index (χ3v) is 8.95. The first kappa shape index (κ1) is 35.1. The Balaban J connectivity index is 1.38. The van der Waals surface area contributed by atoms with Crippen LogP contribution >= 0.6 is 0 Å². The summed E-state index contributed by atoms with van der Waals surface area (Å²) >= 11 is 0. The number of anilines is 2. The number of urea groups is 1. The lowest BCUT2D eigenvalue weighted by molar-refractivity contribution is 0.262. The number of para-hydroxylation sites is 1. The molecule has 10 heteroatoms. The van der Waals surface area contributed by atoms with Crippen LogP contribution in [0.5, 0.6) is 5.75 Å². The first-order valence-corrected chi connectivity index (χ1v) is 17.6. The van der Waals surface area contributed by atoms with Crippen LogP contribution in [0.2, 0.25) is 0 Å². The molecule has 51 heavy (non-hydrogen) atoms. The highest BCUT2D eigenvalue weighted by molar-refractivity contribution is 6.07. The van der Waals surface area contributed by atoms with Crippen LogP contribution < -0.4 is 20.9 Å². The maximum atomic E-state index is 14.6. The van der Waals surface area contributed by atoms with Gasteiger partial charge in [-0.25, -0.2) is 14.8 Å². The van der Waals surface area contributed by atoms with Crippen molar-refractivity contribution in [2.45, 2.75) is 71.9 Å². The number of benzene rings is 3. The van der Waals surface area contributed by atoms with Gasteiger partial charge in [-0.05, 0) is 71.2 Å². The Kier molecular flexibility index (Phi) is 11.2. The van der Waals surface area contributed by atoms with E-state index in [1.807, 2.05) is 72.8 Å². The quantitative estimate of drug-likeness (QED) is 0.111. The number of amides is 2. The smallest absolute Gasteiger partial charge is 0.323 e. The number of pyridine rings is 2. The zero-order valence-electron chi connectivity index (χ0n) is 29.7. The number of nitrogens with zero attached hydrogens (tertiary/aromatic N) is 5. The predicted octanol–water partition coefficient (Wildman–Crippen LogP) is 8.65. The number of fused-ring (bicyclic) bond motifs is 1. The summed E-state index contributed by atoms with van der Waals surface area (Å²) in [6.45, 7) is 10.0. The molecular formula is C41H45N7O3.